The lowest BCUT2D eigenvalue weighted by molar-refractivity contribution is 0.101. The largest absolute Gasteiger partial charge is 0.506 e. The number of nitriles is 1. The van der Waals surface area contributed by atoms with Crippen molar-refractivity contribution in [3.8, 4) is 39.8 Å². The summed E-state index contributed by atoms with van der Waals surface area (Å²) in [6.45, 7) is 1.45. The van der Waals surface area contributed by atoms with E-state index < -0.39 is 0 Å². The minimum Gasteiger partial charge on any atom is -0.506 e. The Morgan fingerprint density at radius 2 is 1.65 bits per heavy atom. The van der Waals surface area contributed by atoms with Crippen LogP contribution in [0.1, 0.15) is 34.0 Å². The fourth-order valence-corrected chi connectivity index (χ4v) is 3.93. The van der Waals surface area contributed by atoms with Crippen LogP contribution in [-0.2, 0) is 13.2 Å². The van der Waals surface area contributed by atoms with Gasteiger partial charge in [0.15, 0.2) is 5.78 Å². The number of aromatic hydroxyl groups is 1. The Bertz CT molecular complexity index is 1370. The number of ketones is 1. The van der Waals surface area contributed by atoms with Crippen molar-refractivity contribution in [3.63, 3.8) is 0 Å². The first-order valence-corrected chi connectivity index (χ1v) is 10.8. The van der Waals surface area contributed by atoms with Gasteiger partial charge in [-0.05, 0) is 47.4 Å². The SMILES string of the molecule is CC(=O)c1ccc(OCc2ccc(-c3cccc(C#N)c3CO)cc2)c(-c2ccccc2)c1O. The van der Waals surface area contributed by atoms with E-state index in [2.05, 4.69) is 6.07 Å². The average Bonchev–Trinajstić information content (AvgIpc) is 2.87. The third kappa shape index (κ3) is 4.54. The molecule has 0 saturated heterocycles. The van der Waals surface area contributed by atoms with Crippen molar-refractivity contribution in [2.45, 2.75) is 20.1 Å². The molecule has 0 aliphatic carbocycles. The van der Waals surface area contributed by atoms with Crippen LogP contribution < -0.4 is 4.74 Å². The third-order valence-electron chi connectivity index (χ3n) is 5.70. The molecule has 0 spiro atoms. The third-order valence-corrected chi connectivity index (χ3v) is 5.70. The van der Waals surface area contributed by atoms with Gasteiger partial charge in [-0.15, -0.1) is 0 Å². The van der Waals surface area contributed by atoms with Crippen molar-refractivity contribution in [2.75, 3.05) is 0 Å². The maximum atomic E-state index is 11.9. The molecular weight excluding hydrogens is 426 g/mol. The Morgan fingerprint density at radius 1 is 0.912 bits per heavy atom. The topological polar surface area (TPSA) is 90.6 Å². The van der Waals surface area contributed by atoms with E-state index >= 15 is 0 Å². The number of phenolic OH excluding ortho intramolecular Hbond substituents is 1. The van der Waals surface area contributed by atoms with Gasteiger partial charge in [0.1, 0.15) is 18.1 Å². The number of ether oxygens (including phenoxy) is 1. The van der Waals surface area contributed by atoms with Crippen LogP contribution >= 0.6 is 0 Å². The molecule has 34 heavy (non-hydrogen) atoms. The van der Waals surface area contributed by atoms with Gasteiger partial charge < -0.3 is 14.9 Å². The fraction of sp³-hybridized carbons (Fsp3) is 0.103. The summed E-state index contributed by atoms with van der Waals surface area (Å²) < 4.78 is 6.07. The Labute approximate surface area is 198 Å². The van der Waals surface area contributed by atoms with Gasteiger partial charge in [-0.2, -0.15) is 5.26 Å². The van der Waals surface area contributed by atoms with E-state index in [-0.39, 0.29) is 30.3 Å². The minimum absolute atomic E-state index is 0.0968. The standard InChI is InChI=1S/C29H23NO4/c1-19(32)24-14-15-27(28(29(24)33)22-6-3-2-4-7-22)34-18-20-10-12-21(13-11-20)25-9-5-8-23(16-30)26(25)17-31/h2-15,31,33H,17-18H2,1H3. The molecule has 4 rings (SSSR count). The molecule has 0 amide bonds. The second-order valence-corrected chi connectivity index (χ2v) is 7.84. The van der Waals surface area contributed by atoms with E-state index in [9.17, 15) is 20.3 Å². The van der Waals surface area contributed by atoms with Gasteiger partial charge in [-0.1, -0.05) is 66.7 Å². The summed E-state index contributed by atoms with van der Waals surface area (Å²) in [6, 6.07) is 27.7. The maximum absolute atomic E-state index is 11.9. The molecule has 4 aromatic rings. The van der Waals surface area contributed by atoms with Gasteiger partial charge in [0.25, 0.3) is 0 Å². The van der Waals surface area contributed by atoms with E-state index in [1.807, 2.05) is 60.7 Å². The first kappa shape index (κ1) is 22.8. The summed E-state index contributed by atoms with van der Waals surface area (Å²) in [4.78, 5) is 11.9. The van der Waals surface area contributed by atoms with E-state index in [1.54, 1.807) is 24.3 Å². The molecule has 2 N–H and O–H groups in total. The maximum Gasteiger partial charge on any atom is 0.163 e. The lowest BCUT2D eigenvalue weighted by Crippen LogP contribution is -2.00. The molecule has 5 nitrogen and oxygen atoms in total. The Kier molecular flexibility index (Phi) is 6.72. The molecule has 0 bridgehead atoms. The Morgan fingerprint density at radius 3 is 2.29 bits per heavy atom. The highest BCUT2D eigenvalue weighted by atomic mass is 16.5. The number of phenols is 1. The first-order valence-electron chi connectivity index (χ1n) is 10.8. The minimum atomic E-state index is -0.223. The molecule has 0 fully saturated rings. The highest BCUT2D eigenvalue weighted by Gasteiger charge is 2.18. The molecule has 0 saturated carbocycles. The molecule has 0 aliphatic heterocycles. The van der Waals surface area contributed by atoms with Gasteiger partial charge in [-0.25, -0.2) is 0 Å². The second-order valence-electron chi connectivity index (χ2n) is 7.84. The van der Waals surface area contributed by atoms with Crippen molar-refractivity contribution in [2.24, 2.45) is 0 Å². The van der Waals surface area contributed by atoms with Crippen LogP contribution in [0.3, 0.4) is 0 Å². The van der Waals surface area contributed by atoms with Crippen molar-refractivity contribution in [1.29, 1.82) is 5.26 Å². The highest BCUT2D eigenvalue weighted by Crippen LogP contribution is 2.40. The van der Waals surface area contributed by atoms with Gasteiger partial charge in [0, 0.05) is 5.56 Å². The molecule has 168 valence electrons. The van der Waals surface area contributed by atoms with E-state index in [1.165, 1.54) is 6.92 Å². The number of benzene rings is 4. The van der Waals surface area contributed by atoms with Crippen LogP contribution in [0.25, 0.3) is 22.3 Å². The lowest BCUT2D eigenvalue weighted by atomic mass is 9.95. The number of Topliss-reactive ketones (excluding diaryl/α,β-unsaturated/α-hetero) is 1. The van der Waals surface area contributed by atoms with Crippen molar-refractivity contribution >= 4 is 5.78 Å². The normalized spacial score (nSPS) is 10.5. The summed E-state index contributed by atoms with van der Waals surface area (Å²) in [7, 11) is 0. The zero-order chi connectivity index (χ0) is 24.1. The number of hydrogen-bond acceptors (Lipinski definition) is 5. The van der Waals surface area contributed by atoms with Gasteiger partial charge in [-0.3, -0.25) is 4.79 Å². The van der Waals surface area contributed by atoms with Gasteiger partial charge in [0.05, 0.1) is 29.4 Å². The van der Waals surface area contributed by atoms with Gasteiger partial charge >= 0.3 is 0 Å². The number of carbonyl (C=O) groups is 1. The molecule has 0 heterocycles. The smallest absolute Gasteiger partial charge is 0.163 e. The molecule has 0 atom stereocenters. The zero-order valence-corrected chi connectivity index (χ0v) is 18.7. The van der Waals surface area contributed by atoms with Crippen LogP contribution in [-0.4, -0.2) is 16.0 Å². The van der Waals surface area contributed by atoms with E-state index in [4.69, 9.17) is 4.74 Å². The summed E-state index contributed by atoms with van der Waals surface area (Å²) in [6.07, 6.45) is 0. The molecule has 0 radical (unpaired) electrons. The summed E-state index contributed by atoms with van der Waals surface area (Å²) in [5.41, 5.74) is 5.13. The number of nitrogens with zero attached hydrogens (tertiary/aromatic N) is 1. The van der Waals surface area contributed by atoms with Crippen molar-refractivity contribution in [3.05, 3.63) is 107 Å². The van der Waals surface area contributed by atoms with Crippen LogP contribution in [0.15, 0.2) is 84.9 Å². The first-order chi connectivity index (χ1) is 16.5. The van der Waals surface area contributed by atoms with Crippen molar-refractivity contribution in [1.82, 2.24) is 0 Å². The van der Waals surface area contributed by atoms with Crippen LogP contribution in [0.4, 0.5) is 0 Å². The monoisotopic (exact) mass is 449 g/mol. The summed E-state index contributed by atoms with van der Waals surface area (Å²) in [5, 5.41) is 29.8. The molecule has 0 aromatic heterocycles. The number of hydrogen-bond donors (Lipinski definition) is 2. The summed E-state index contributed by atoms with van der Waals surface area (Å²) >= 11 is 0. The molecular formula is C29H23NO4. The quantitative estimate of drug-likeness (QED) is 0.344. The van der Waals surface area contributed by atoms with E-state index in [0.717, 1.165) is 22.3 Å². The molecule has 0 unspecified atom stereocenters. The van der Waals surface area contributed by atoms with Crippen molar-refractivity contribution < 1.29 is 19.7 Å². The molecule has 0 aliphatic rings. The predicted molar refractivity (Wildman–Crippen MR) is 130 cm³/mol. The number of aliphatic hydroxyl groups is 1. The number of aliphatic hydroxyl groups excluding tert-OH is 1. The average molecular weight is 450 g/mol. The van der Waals surface area contributed by atoms with Crippen LogP contribution in [0.5, 0.6) is 11.5 Å². The Hall–Kier alpha value is -4.40. The lowest BCUT2D eigenvalue weighted by Gasteiger charge is -2.16. The highest BCUT2D eigenvalue weighted by molar-refractivity contribution is 6.00. The summed E-state index contributed by atoms with van der Waals surface area (Å²) in [5.74, 6) is 0.155. The second kappa shape index (κ2) is 10.0. The van der Waals surface area contributed by atoms with Gasteiger partial charge in [0.2, 0.25) is 0 Å². The predicted octanol–water partition coefficient (Wildman–Crippen LogP) is 5.87. The Balaban J connectivity index is 1.61. The molecule has 5 heteroatoms. The number of rotatable bonds is 7. The number of carbonyl (C=O) groups excluding carboxylic acids is 1. The van der Waals surface area contributed by atoms with Crippen LogP contribution in [0, 0.1) is 11.3 Å². The van der Waals surface area contributed by atoms with Crippen LogP contribution in [0.2, 0.25) is 0 Å². The molecule has 4 aromatic carbocycles. The fourth-order valence-electron chi connectivity index (χ4n) is 3.93. The zero-order valence-electron chi connectivity index (χ0n) is 18.7. The van der Waals surface area contributed by atoms with E-state index in [0.29, 0.717) is 22.4 Å².